The molecule has 1 aliphatic heterocycles. The molecule has 2 saturated carbocycles. The van der Waals surface area contributed by atoms with Crippen molar-refractivity contribution in [2.24, 2.45) is 5.41 Å². The zero-order valence-corrected chi connectivity index (χ0v) is 19.1. The molecule has 0 radical (unpaired) electrons. The van der Waals surface area contributed by atoms with E-state index in [0.717, 1.165) is 12.4 Å². The Bertz CT molecular complexity index is 800. The minimum atomic E-state index is 0. The maximum atomic E-state index is 4.63. The fraction of sp³-hybridized carbons (Fsp3) is 0.708. The van der Waals surface area contributed by atoms with E-state index < -0.39 is 0 Å². The summed E-state index contributed by atoms with van der Waals surface area (Å²) in [5, 5.41) is 13.3. The van der Waals surface area contributed by atoms with Crippen molar-refractivity contribution in [3.8, 4) is 0 Å². The summed E-state index contributed by atoms with van der Waals surface area (Å²) in [6.07, 6.45) is 14.7. The highest BCUT2D eigenvalue weighted by Gasteiger charge is 2.40. The molecule has 5 nitrogen and oxygen atoms in total. The van der Waals surface area contributed by atoms with Gasteiger partial charge in [0.15, 0.2) is 5.82 Å². The van der Waals surface area contributed by atoms with Gasteiger partial charge in [-0.05, 0) is 73.4 Å². The standard InChI is InChI=1S/C24H35N5.ClH/c1-19-10-12-20(13-11-19)22(23-25-26-27-29(23)21-8-3-4-9-21)28-17-7-16-24(18-28)14-5-2-6-15-24;/h10-13,21-22H,2-9,14-18H2,1H3;1H. The van der Waals surface area contributed by atoms with Crippen molar-refractivity contribution >= 4 is 12.4 Å². The van der Waals surface area contributed by atoms with E-state index in [1.54, 1.807) is 0 Å². The summed E-state index contributed by atoms with van der Waals surface area (Å²) in [4.78, 5) is 2.72. The van der Waals surface area contributed by atoms with E-state index in [-0.39, 0.29) is 18.4 Å². The third-order valence-corrected chi connectivity index (χ3v) is 7.80. The Kier molecular flexibility index (Phi) is 6.78. The Hall–Kier alpha value is -1.46. The Morgan fingerprint density at radius 3 is 2.37 bits per heavy atom. The highest BCUT2D eigenvalue weighted by atomic mass is 35.5. The van der Waals surface area contributed by atoms with E-state index >= 15 is 0 Å². The van der Waals surface area contributed by atoms with Crippen molar-refractivity contribution in [3.63, 3.8) is 0 Å². The molecule has 1 unspecified atom stereocenters. The summed E-state index contributed by atoms with van der Waals surface area (Å²) < 4.78 is 2.18. The van der Waals surface area contributed by atoms with E-state index in [9.17, 15) is 0 Å². The molecular weight excluding hydrogens is 394 g/mol. The first-order chi connectivity index (χ1) is 14.2. The third-order valence-electron chi connectivity index (χ3n) is 7.80. The minimum Gasteiger partial charge on any atom is -0.289 e. The molecule has 30 heavy (non-hydrogen) atoms. The molecule has 0 N–H and O–H groups in total. The van der Waals surface area contributed by atoms with Gasteiger partial charge in [-0.25, -0.2) is 4.68 Å². The van der Waals surface area contributed by atoms with E-state index in [4.69, 9.17) is 0 Å². The van der Waals surface area contributed by atoms with Crippen LogP contribution in [0.2, 0.25) is 0 Å². The van der Waals surface area contributed by atoms with Crippen LogP contribution >= 0.6 is 12.4 Å². The van der Waals surface area contributed by atoms with Gasteiger partial charge in [0.2, 0.25) is 0 Å². The number of aryl methyl sites for hydroxylation is 1. The zero-order chi connectivity index (χ0) is 19.7. The van der Waals surface area contributed by atoms with Gasteiger partial charge in [0.25, 0.3) is 0 Å². The van der Waals surface area contributed by atoms with Crippen molar-refractivity contribution in [3.05, 3.63) is 41.2 Å². The maximum Gasteiger partial charge on any atom is 0.173 e. The fourth-order valence-electron chi connectivity index (χ4n) is 6.24. The normalized spacial score (nSPS) is 23.4. The lowest BCUT2D eigenvalue weighted by Crippen LogP contribution is -2.46. The zero-order valence-electron chi connectivity index (χ0n) is 18.3. The maximum absolute atomic E-state index is 4.63. The van der Waals surface area contributed by atoms with Crippen LogP contribution in [0.1, 0.15) is 99.7 Å². The van der Waals surface area contributed by atoms with Crippen LogP contribution in [0.15, 0.2) is 24.3 Å². The molecule has 164 valence electrons. The van der Waals surface area contributed by atoms with Gasteiger partial charge in [0, 0.05) is 6.54 Å². The molecule has 0 bridgehead atoms. The molecular formula is C24H36ClN5. The topological polar surface area (TPSA) is 46.8 Å². The molecule has 5 rings (SSSR count). The molecule has 2 aliphatic carbocycles. The van der Waals surface area contributed by atoms with Gasteiger partial charge in [-0.3, -0.25) is 4.90 Å². The quantitative estimate of drug-likeness (QED) is 0.629. The summed E-state index contributed by atoms with van der Waals surface area (Å²) in [5.74, 6) is 1.06. The van der Waals surface area contributed by atoms with Crippen molar-refractivity contribution in [1.82, 2.24) is 25.1 Å². The summed E-state index contributed by atoms with van der Waals surface area (Å²) in [6, 6.07) is 9.73. The highest BCUT2D eigenvalue weighted by Crippen LogP contribution is 2.46. The van der Waals surface area contributed by atoms with Gasteiger partial charge in [0.1, 0.15) is 0 Å². The van der Waals surface area contributed by atoms with Crippen LogP contribution in [0.5, 0.6) is 0 Å². The third kappa shape index (κ3) is 4.29. The largest absolute Gasteiger partial charge is 0.289 e. The molecule has 1 atom stereocenters. The summed E-state index contributed by atoms with van der Waals surface area (Å²) in [6.45, 7) is 4.51. The smallest absolute Gasteiger partial charge is 0.173 e. The highest BCUT2D eigenvalue weighted by molar-refractivity contribution is 5.85. The monoisotopic (exact) mass is 429 g/mol. The first-order valence-corrected chi connectivity index (χ1v) is 11.8. The predicted octanol–water partition coefficient (Wildman–Crippen LogP) is 5.65. The van der Waals surface area contributed by atoms with Crippen LogP contribution in [0.3, 0.4) is 0 Å². The van der Waals surface area contributed by atoms with Gasteiger partial charge < -0.3 is 0 Å². The molecule has 2 heterocycles. The summed E-state index contributed by atoms with van der Waals surface area (Å²) >= 11 is 0. The second kappa shape index (κ2) is 9.35. The number of hydrogen-bond acceptors (Lipinski definition) is 4. The van der Waals surface area contributed by atoms with E-state index in [0.29, 0.717) is 11.5 Å². The van der Waals surface area contributed by atoms with Crippen LogP contribution in [0, 0.1) is 12.3 Å². The van der Waals surface area contributed by atoms with Gasteiger partial charge in [-0.1, -0.05) is 61.9 Å². The van der Waals surface area contributed by atoms with E-state index in [1.807, 2.05) is 0 Å². The second-order valence-corrected chi connectivity index (χ2v) is 9.87. The SMILES string of the molecule is Cc1ccc(C(c2nnnn2C2CCCC2)N2CCCC3(CCCCC3)C2)cc1.Cl. The first kappa shape index (κ1) is 21.8. The molecule has 1 spiro atoms. The molecule has 1 aromatic carbocycles. The Labute approximate surface area is 187 Å². The lowest BCUT2D eigenvalue weighted by Gasteiger charge is -2.47. The van der Waals surface area contributed by atoms with Crippen LogP contribution in [0.25, 0.3) is 0 Å². The molecule has 6 heteroatoms. The van der Waals surface area contributed by atoms with Crippen molar-refractivity contribution in [2.45, 2.75) is 89.6 Å². The molecule has 2 aromatic rings. The molecule has 3 fully saturated rings. The fourth-order valence-corrected chi connectivity index (χ4v) is 6.24. The van der Waals surface area contributed by atoms with E-state index in [2.05, 4.69) is 56.3 Å². The van der Waals surface area contributed by atoms with Gasteiger partial charge in [0.05, 0.1) is 12.1 Å². The number of aromatic nitrogens is 4. The van der Waals surface area contributed by atoms with Crippen molar-refractivity contribution in [1.29, 1.82) is 0 Å². The van der Waals surface area contributed by atoms with Crippen LogP contribution in [-0.4, -0.2) is 38.2 Å². The summed E-state index contributed by atoms with van der Waals surface area (Å²) in [7, 11) is 0. The molecule has 0 amide bonds. The number of likely N-dealkylation sites (tertiary alicyclic amines) is 1. The number of hydrogen-bond donors (Lipinski definition) is 0. The van der Waals surface area contributed by atoms with Crippen molar-refractivity contribution < 1.29 is 0 Å². The molecule has 1 saturated heterocycles. The number of piperidine rings is 1. The second-order valence-electron chi connectivity index (χ2n) is 9.87. The number of rotatable bonds is 4. The number of benzene rings is 1. The Morgan fingerprint density at radius 2 is 1.63 bits per heavy atom. The number of tetrazole rings is 1. The number of halogens is 1. The summed E-state index contributed by atoms with van der Waals surface area (Å²) in [5.41, 5.74) is 3.17. The van der Waals surface area contributed by atoms with Crippen LogP contribution < -0.4 is 0 Å². The van der Waals surface area contributed by atoms with Crippen molar-refractivity contribution in [2.75, 3.05) is 13.1 Å². The average molecular weight is 430 g/mol. The van der Waals surface area contributed by atoms with Crippen LogP contribution in [-0.2, 0) is 0 Å². The Balaban J connectivity index is 0.00000218. The van der Waals surface area contributed by atoms with Gasteiger partial charge >= 0.3 is 0 Å². The Morgan fingerprint density at radius 1 is 0.933 bits per heavy atom. The lowest BCUT2D eigenvalue weighted by atomic mass is 9.69. The number of nitrogens with zero attached hydrogens (tertiary/aromatic N) is 5. The average Bonchev–Trinajstić information content (AvgIpc) is 3.42. The lowest BCUT2D eigenvalue weighted by molar-refractivity contribution is 0.0338. The predicted molar refractivity (Wildman–Crippen MR) is 122 cm³/mol. The van der Waals surface area contributed by atoms with Gasteiger partial charge in [-0.2, -0.15) is 0 Å². The van der Waals surface area contributed by atoms with Gasteiger partial charge in [-0.15, -0.1) is 17.5 Å². The minimum absolute atomic E-state index is 0. The molecule has 1 aromatic heterocycles. The van der Waals surface area contributed by atoms with Crippen LogP contribution in [0.4, 0.5) is 0 Å². The van der Waals surface area contributed by atoms with E-state index in [1.165, 1.54) is 88.3 Å². The first-order valence-electron chi connectivity index (χ1n) is 11.8. The molecule has 3 aliphatic rings.